The Kier molecular flexibility index (Phi) is 7.21. The second-order valence-corrected chi connectivity index (χ2v) is 12.0. The summed E-state index contributed by atoms with van der Waals surface area (Å²) in [7, 11) is 0. The first-order valence-electron chi connectivity index (χ1n) is 10.5. The third-order valence-corrected chi connectivity index (χ3v) is 9.31. The Balaban J connectivity index is 1.30. The maximum absolute atomic E-state index is 6.67. The van der Waals surface area contributed by atoms with Crippen molar-refractivity contribution < 1.29 is 0 Å². The van der Waals surface area contributed by atoms with Gasteiger partial charge in [-0.2, -0.15) is 0 Å². The molecule has 4 rings (SSSR count). The Morgan fingerprint density at radius 3 is 1.35 bits per heavy atom. The summed E-state index contributed by atoms with van der Waals surface area (Å²) in [5, 5.41) is 0. The zero-order valence-electron chi connectivity index (χ0n) is 17.5. The van der Waals surface area contributed by atoms with Crippen molar-refractivity contribution in [2.24, 2.45) is 23.3 Å². The first kappa shape index (κ1) is 23.0. The van der Waals surface area contributed by atoms with Gasteiger partial charge >= 0.3 is 208 Å². The summed E-state index contributed by atoms with van der Waals surface area (Å²) in [6.45, 7) is 0. The molecule has 0 heterocycles. The van der Waals surface area contributed by atoms with E-state index in [-0.39, 0.29) is 0 Å². The van der Waals surface area contributed by atoms with Crippen LogP contribution in [0.5, 0.6) is 0 Å². The average Bonchev–Trinajstić information content (AvgIpc) is 2.77. The van der Waals surface area contributed by atoms with Crippen LogP contribution in [-0.2, 0) is 11.1 Å². The van der Waals surface area contributed by atoms with Gasteiger partial charge in [0.1, 0.15) is 0 Å². The second kappa shape index (κ2) is 9.73. The molecule has 0 radical (unpaired) electrons. The van der Waals surface area contributed by atoms with Gasteiger partial charge in [0.15, 0.2) is 0 Å². The zero-order valence-corrected chi connectivity index (χ0v) is 23.2. The molecule has 2 aromatic rings. The fraction of sp³-hybridized carbons (Fsp3) is 0.231. The van der Waals surface area contributed by atoms with Gasteiger partial charge in [-0.3, -0.25) is 0 Å². The molecule has 4 N–H and O–H groups in total. The molecular weight excluding hydrogens is 522 g/mol. The van der Waals surface area contributed by atoms with Gasteiger partial charge in [-0.25, -0.2) is 0 Å². The molecule has 0 amide bonds. The van der Waals surface area contributed by atoms with Crippen molar-refractivity contribution >= 4 is 54.2 Å². The standard InChI is InChI=1S/C26H30As2N2S/c27-23-7-3-1-5-21(23)25(29)13-9-19(10-14-25)17-31-18-20-11-15-26(30,16-12-20)22-6-2-4-8-24(22)28/h1-16,19-20H,17-18,27-30H2. The summed E-state index contributed by atoms with van der Waals surface area (Å²) in [5.74, 6) is 2.98. The Hall–Kier alpha value is -1.21. The van der Waals surface area contributed by atoms with Crippen molar-refractivity contribution in [1.82, 2.24) is 0 Å². The van der Waals surface area contributed by atoms with Crippen molar-refractivity contribution in [3.63, 3.8) is 0 Å². The molecule has 2 nitrogen and oxygen atoms in total. The van der Waals surface area contributed by atoms with E-state index in [2.05, 4.69) is 97.1 Å². The molecule has 160 valence electrons. The summed E-state index contributed by atoms with van der Waals surface area (Å²) < 4.78 is 2.58. The molecule has 2 aromatic carbocycles. The van der Waals surface area contributed by atoms with Crippen LogP contribution in [0.15, 0.2) is 97.1 Å². The van der Waals surface area contributed by atoms with Crippen LogP contribution in [0.4, 0.5) is 0 Å². The Morgan fingerprint density at radius 1 is 0.645 bits per heavy atom. The van der Waals surface area contributed by atoms with Gasteiger partial charge in [0, 0.05) is 0 Å². The molecule has 0 spiro atoms. The van der Waals surface area contributed by atoms with E-state index in [1.165, 1.54) is 19.8 Å². The Bertz CT molecular complexity index is 945. The summed E-state index contributed by atoms with van der Waals surface area (Å²) in [6.07, 6.45) is 17.8. The average molecular weight is 552 g/mol. The van der Waals surface area contributed by atoms with E-state index >= 15 is 0 Å². The van der Waals surface area contributed by atoms with Gasteiger partial charge in [0.05, 0.1) is 0 Å². The predicted octanol–water partition coefficient (Wildman–Crippen LogP) is 1.43. The quantitative estimate of drug-likeness (QED) is 0.422. The van der Waals surface area contributed by atoms with E-state index in [0.29, 0.717) is 11.8 Å². The van der Waals surface area contributed by atoms with Crippen molar-refractivity contribution in [2.45, 2.75) is 11.1 Å². The molecule has 0 saturated heterocycles. The van der Waals surface area contributed by atoms with E-state index in [0.717, 1.165) is 11.5 Å². The summed E-state index contributed by atoms with van der Waals surface area (Å²) in [5.41, 5.74) is 14.8. The van der Waals surface area contributed by atoms with E-state index in [1.54, 1.807) is 33.7 Å². The van der Waals surface area contributed by atoms with Crippen LogP contribution >= 0.6 is 11.8 Å². The molecule has 2 aliphatic rings. The predicted molar refractivity (Wildman–Crippen MR) is 142 cm³/mol. The van der Waals surface area contributed by atoms with Gasteiger partial charge < -0.3 is 0 Å². The molecule has 5 heteroatoms. The van der Waals surface area contributed by atoms with Gasteiger partial charge in [-0.05, 0) is 0 Å². The number of hydrogen-bond donors (Lipinski definition) is 2. The maximum atomic E-state index is 6.67. The molecule has 0 fully saturated rings. The molecule has 0 aliphatic heterocycles. The van der Waals surface area contributed by atoms with Crippen LogP contribution in [0.1, 0.15) is 11.1 Å². The van der Waals surface area contributed by atoms with E-state index in [4.69, 9.17) is 11.5 Å². The molecular formula is C26H30As2N2S. The molecule has 0 bridgehead atoms. The Morgan fingerprint density at radius 2 is 1.00 bits per heavy atom. The molecule has 2 atom stereocenters. The summed E-state index contributed by atoms with van der Waals surface area (Å²) >= 11 is 5.22. The van der Waals surface area contributed by atoms with Gasteiger partial charge in [-0.15, -0.1) is 0 Å². The summed E-state index contributed by atoms with van der Waals surface area (Å²) in [6, 6.07) is 16.9. The fourth-order valence-electron chi connectivity index (χ4n) is 4.07. The number of allylic oxidation sites excluding steroid dienone is 4. The SMILES string of the molecule is NC1(c2ccccc2[AsH2])C=CC(CSCC2C=CC(N)(c3ccccc3[AsH2])C=C2)C=C1. The first-order chi connectivity index (χ1) is 14.9. The Labute approximate surface area is 207 Å². The van der Waals surface area contributed by atoms with Crippen LogP contribution in [0, 0.1) is 11.8 Å². The molecule has 31 heavy (non-hydrogen) atoms. The first-order valence-corrected chi connectivity index (χ1v) is 14.1. The van der Waals surface area contributed by atoms with Gasteiger partial charge in [0.25, 0.3) is 0 Å². The minimum absolute atomic E-state index is 0.426. The van der Waals surface area contributed by atoms with Gasteiger partial charge in [0.2, 0.25) is 0 Å². The molecule has 2 aliphatic carbocycles. The van der Waals surface area contributed by atoms with Crippen LogP contribution in [0.25, 0.3) is 0 Å². The van der Waals surface area contributed by atoms with Crippen molar-refractivity contribution in [1.29, 1.82) is 0 Å². The number of rotatable bonds is 6. The number of hydrogen-bond acceptors (Lipinski definition) is 3. The zero-order chi connectivity index (χ0) is 21.9. The van der Waals surface area contributed by atoms with E-state index < -0.39 is 11.1 Å². The number of benzene rings is 2. The minimum atomic E-state index is -0.482. The topological polar surface area (TPSA) is 52.0 Å². The number of nitrogens with two attached hydrogens (primary N) is 2. The molecule has 2 unspecified atom stereocenters. The fourth-order valence-corrected chi connectivity index (χ4v) is 7.12. The second-order valence-electron chi connectivity index (χ2n) is 8.34. The van der Waals surface area contributed by atoms with Crippen LogP contribution in [-0.4, -0.2) is 45.2 Å². The van der Waals surface area contributed by atoms with Gasteiger partial charge in [-0.1, -0.05) is 0 Å². The van der Waals surface area contributed by atoms with Crippen LogP contribution in [0.2, 0.25) is 0 Å². The third-order valence-electron chi connectivity index (χ3n) is 5.95. The van der Waals surface area contributed by atoms with Crippen molar-refractivity contribution in [3.8, 4) is 0 Å². The van der Waals surface area contributed by atoms with Crippen LogP contribution in [0.3, 0.4) is 0 Å². The number of thioether (sulfide) groups is 1. The van der Waals surface area contributed by atoms with Crippen molar-refractivity contribution in [3.05, 3.63) is 108 Å². The normalized spacial score (nSPS) is 29.4. The van der Waals surface area contributed by atoms with E-state index in [1.807, 2.05) is 11.8 Å². The van der Waals surface area contributed by atoms with Crippen LogP contribution < -0.4 is 20.2 Å². The monoisotopic (exact) mass is 552 g/mol. The van der Waals surface area contributed by atoms with E-state index in [9.17, 15) is 0 Å². The molecule has 0 aromatic heterocycles. The van der Waals surface area contributed by atoms with Crippen molar-refractivity contribution in [2.75, 3.05) is 11.5 Å². The summed E-state index contributed by atoms with van der Waals surface area (Å²) in [4.78, 5) is 0. The molecule has 0 saturated carbocycles. The third kappa shape index (κ3) is 5.24.